The average Bonchev–Trinajstić information content (AvgIpc) is 2.46. The first kappa shape index (κ1) is 17.2. The summed E-state index contributed by atoms with van der Waals surface area (Å²) in [5, 5.41) is 4.46. The van der Waals surface area contributed by atoms with Gasteiger partial charge in [-0.1, -0.05) is 55.2 Å². The van der Waals surface area contributed by atoms with Crippen molar-refractivity contribution in [3.05, 3.63) is 63.6 Å². The summed E-state index contributed by atoms with van der Waals surface area (Å²) in [5.41, 5.74) is 1.53. The van der Waals surface area contributed by atoms with E-state index in [1.54, 1.807) is 23.9 Å². The standard InChI is InChI=1S/C17H17Cl2NOS/c1-11(2)22-16-6-4-3-5-14(16)17(21)20-10-12-7-8-13(18)9-15(12)19/h3-9,11H,10H2,1-2H3,(H,20,21). The van der Waals surface area contributed by atoms with Crippen molar-refractivity contribution in [2.24, 2.45) is 0 Å². The van der Waals surface area contributed by atoms with Crippen LogP contribution >= 0.6 is 35.0 Å². The second kappa shape index (κ2) is 7.91. The molecule has 0 aliphatic rings. The zero-order valence-electron chi connectivity index (χ0n) is 12.4. The van der Waals surface area contributed by atoms with Crippen molar-refractivity contribution in [2.45, 2.75) is 30.5 Å². The normalized spacial score (nSPS) is 10.8. The maximum Gasteiger partial charge on any atom is 0.252 e. The highest BCUT2D eigenvalue weighted by Gasteiger charge is 2.12. The van der Waals surface area contributed by atoms with Crippen molar-refractivity contribution >= 4 is 40.9 Å². The molecule has 5 heteroatoms. The molecule has 0 saturated heterocycles. The molecule has 1 amide bonds. The second-order valence-electron chi connectivity index (χ2n) is 5.08. The fourth-order valence-electron chi connectivity index (χ4n) is 1.95. The first-order valence-electron chi connectivity index (χ1n) is 6.95. The third-order valence-corrected chi connectivity index (χ3v) is 4.62. The zero-order chi connectivity index (χ0) is 16.1. The predicted octanol–water partition coefficient (Wildman–Crippen LogP) is 5.42. The molecule has 2 nitrogen and oxygen atoms in total. The lowest BCUT2D eigenvalue weighted by Crippen LogP contribution is -2.23. The summed E-state index contributed by atoms with van der Waals surface area (Å²) in [5.74, 6) is -0.102. The summed E-state index contributed by atoms with van der Waals surface area (Å²) < 4.78 is 0. The van der Waals surface area contributed by atoms with Crippen molar-refractivity contribution < 1.29 is 4.79 Å². The average molecular weight is 354 g/mol. The van der Waals surface area contributed by atoms with E-state index in [9.17, 15) is 4.79 Å². The van der Waals surface area contributed by atoms with Gasteiger partial charge in [0, 0.05) is 26.7 Å². The van der Waals surface area contributed by atoms with Crippen molar-refractivity contribution in [3.63, 3.8) is 0 Å². The van der Waals surface area contributed by atoms with E-state index in [-0.39, 0.29) is 5.91 Å². The number of hydrogen-bond donors (Lipinski definition) is 1. The lowest BCUT2D eigenvalue weighted by Gasteiger charge is -2.12. The Balaban J connectivity index is 2.09. The fraction of sp³-hybridized carbons (Fsp3) is 0.235. The van der Waals surface area contributed by atoms with Crippen LogP contribution in [0.25, 0.3) is 0 Å². The number of hydrogen-bond acceptors (Lipinski definition) is 2. The van der Waals surface area contributed by atoms with E-state index in [1.165, 1.54) is 0 Å². The van der Waals surface area contributed by atoms with E-state index in [0.717, 1.165) is 10.5 Å². The third kappa shape index (κ3) is 4.67. The van der Waals surface area contributed by atoms with Gasteiger partial charge >= 0.3 is 0 Å². The molecule has 0 aliphatic carbocycles. The third-order valence-electron chi connectivity index (χ3n) is 2.95. The Morgan fingerprint density at radius 3 is 2.59 bits per heavy atom. The highest BCUT2D eigenvalue weighted by molar-refractivity contribution is 8.00. The van der Waals surface area contributed by atoms with E-state index in [0.29, 0.717) is 27.4 Å². The molecule has 0 spiro atoms. The molecule has 0 atom stereocenters. The minimum Gasteiger partial charge on any atom is -0.348 e. The summed E-state index contributed by atoms with van der Waals surface area (Å²) in [6.07, 6.45) is 0. The van der Waals surface area contributed by atoms with Crippen LogP contribution in [0.5, 0.6) is 0 Å². The number of benzene rings is 2. The van der Waals surface area contributed by atoms with Crippen LogP contribution in [-0.2, 0) is 6.54 Å². The number of nitrogens with one attached hydrogen (secondary N) is 1. The van der Waals surface area contributed by atoms with E-state index in [4.69, 9.17) is 23.2 Å². The lowest BCUT2D eigenvalue weighted by molar-refractivity contribution is 0.0948. The fourth-order valence-corrected chi connectivity index (χ4v) is 3.37. The Kier molecular flexibility index (Phi) is 6.18. The molecular weight excluding hydrogens is 337 g/mol. The summed E-state index contributed by atoms with van der Waals surface area (Å²) in [6.45, 7) is 4.58. The number of thioether (sulfide) groups is 1. The Morgan fingerprint density at radius 1 is 1.18 bits per heavy atom. The minimum atomic E-state index is -0.102. The molecule has 0 saturated carbocycles. The largest absolute Gasteiger partial charge is 0.348 e. The molecule has 1 N–H and O–H groups in total. The Hall–Kier alpha value is -1.16. The SMILES string of the molecule is CC(C)Sc1ccccc1C(=O)NCc1ccc(Cl)cc1Cl. The Morgan fingerprint density at radius 2 is 1.91 bits per heavy atom. The van der Waals surface area contributed by atoms with Gasteiger partial charge in [-0.2, -0.15) is 0 Å². The number of halogens is 2. The second-order valence-corrected chi connectivity index (χ2v) is 7.54. The van der Waals surface area contributed by atoms with Crippen LogP contribution in [-0.4, -0.2) is 11.2 Å². The monoisotopic (exact) mass is 353 g/mol. The van der Waals surface area contributed by atoms with Gasteiger partial charge in [0.1, 0.15) is 0 Å². The molecule has 0 aliphatic heterocycles. The quantitative estimate of drug-likeness (QED) is 0.726. The molecule has 0 aromatic heterocycles. The molecule has 0 heterocycles. The summed E-state index contributed by atoms with van der Waals surface area (Å²) in [7, 11) is 0. The maximum absolute atomic E-state index is 12.4. The van der Waals surface area contributed by atoms with Gasteiger partial charge in [0.05, 0.1) is 5.56 Å². The van der Waals surface area contributed by atoms with Crippen molar-refractivity contribution in [2.75, 3.05) is 0 Å². The van der Waals surface area contributed by atoms with Crippen LogP contribution in [0.1, 0.15) is 29.8 Å². The molecule has 0 bridgehead atoms. The van der Waals surface area contributed by atoms with Crippen LogP contribution < -0.4 is 5.32 Å². The molecular formula is C17H17Cl2NOS. The van der Waals surface area contributed by atoms with Gasteiger partial charge < -0.3 is 5.32 Å². The van der Waals surface area contributed by atoms with E-state index in [1.807, 2.05) is 30.3 Å². The molecule has 2 aromatic rings. The smallest absolute Gasteiger partial charge is 0.252 e. The van der Waals surface area contributed by atoms with Crippen LogP contribution in [0.2, 0.25) is 10.0 Å². The number of carbonyl (C=O) groups is 1. The molecule has 116 valence electrons. The summed E-state index contributed by atoms with van der Waals surface area (Å²) in [6, 6.07) is 12.9. The molecule has 0 fully saturated rings. The maximum atomic E-state index is 12.4. The molecule has 0 radical (unpaired) electrons. The molecule has 0 unspecified atom stereocenters. The van der Waals surface area contributed by atoms with Gasteiger partial charge in [0.25, 0.3) is 5.91 Å². The van der Waals surface area contributed by atoms with Gasteiger partial charge in [-0.15, -0.1) is 11.8 Å². The minimum absolute atomic E-state index is 0.102. The first-order valence-corrected chi connectivity index (χ1v) is 8.58. The molecule has 22 heavy (non-hydrogen) atoms. The lowest BCUT2D eigenvalue weighted by atomic mass is 10.2. The topological polar surface area (TPSA) is 29.1 Å². The Bertz CT molecular complexity index is 673. The predicted molar refractivity (Wildman–Crippen MR) is 95.1 cm³/mol. The summed E-state index contributed by atoms with van der Waals surface area (Å²) in [4.78, 5) is 13.4. The van der Waals surface area contributed by atoms with Crippen LogP contribution in [0.15, 0.2) is 47.4 Å². The van der Waals surface area contributed by atoms with E-state index >= 15 is 0 Å². The van der Waals surface area contributed by atoms with Crippen LogP contribution in [0, 0.1) is 0 Å². The van der Waals surface area contributed by atoms with Crippen LogP contribution in [0.3, 0.4) is 0 Å². The number of amides is 1. The number of carbonyl (C=O) groups excluding carboxylic acids is 1. The first-order chi connectivity index (χ1) is 10.5. The van der Waals surface area contributed by atoms with Gasteiger partial charge in [-0.3, -0.25) is 4.79 Å². The highest BCUT2D eigenvalue weighted by atomic mass is 35.5. The van der Waals surface area contributed by atoms with Gasteiger partial charge in [0.2, 0.25) is 0 Å². The Labute approximate surface area is 145 Å². The van der Waals surface area contributed by atoms with E-state index < -0.39 is 0 Å². The molecule has 2 aromatic carbocycles. The van der Waals surface area contributed by atoms with Crippen molar-refractivity contribution in [3.8, 4) is 0 Å². The van der Waals surface area contributed by atoms with Crippen LogP contribution in [0.4, 0.5) is 0 Å². The van der Waals surface area contributed by atoms with Crippen molar-refractivity contribution in [1.82, 2.24) is 5.32 Å². The highest BCUT2D eigenvalue weighted by Crippen LogP contribution is 2.26. The molecule has 2 rings (SSSR count). The van der Waals surface area contributed by atoms with Gasteiger partial charge in [-0.05, 0) is 29.8 Å². The zero-order valence-corrected chi connectivity index (χ0v) is 14.7. The van der Waals surface area contributed by atoms with E-state index in [2.05, 4.69) is 19.2 Å². The van der Waals surface area contributed by atoms with Gasteiger partial charge in [0.15, 0.2) is 0 Å². The summed E-state index contributed by atoms with van der Waals surface area (Å²) >= 11 is 13.7. The van der Waals surface area contributed by atoms with Crippen molar-refractivity contribution in [1.29, 1.82) is 0 Å². The number of rotatable bonds is 5. The van der Waals surface area contributed by atoms with Gasteiger partial charge in [-0.25, -0.2) is 0 Å².